The maximum atomic E-state index is 9.23. The SMILES string of the molecule is C=C/C(C#N)=C\N(C)CC[C@H]1CCC2C3CCC(CCCC)C(C)(CCCC)C3C(=C)CC21C.CC.CC.CC.CC. The topological polar surface area (TPSA) is 27.0 Å². The summed E-state index contributed by atoms with van der Waals surface area (Å²) in [4.78, 5) is 2.19. The van der Waals surface area contributed by atoms with Gasteiger partial charge in [0, 0.05) is 19.8 Å². The van der Waals surface area contributed by atoms with Crippen LogP contribution in [0.25, 0.3) is 0 Å². The molecule has 3 fully saturated rings. The second-order valence-electron chi connectivity index (χ2n) is 12.6. The van der Waals surface area contributed by atoms with Gasteiger partial charge in [0.2, 0.25) is 0 Å². The van der Waals surface area contributed by atoms with Crippen molar-refractivity contribution < 1.29 is 0 Å². The minimum atomic E-state index is 0.404. The van der Waals surface area contributed by atoms with E-state index in [4.69, 9.17) is 6.58 Å². The molecule has 0 N–H and O–H groups in total. The molecule has 7 atom stereocenters. The monoisotopic (exact) mass is 585 g/mol. The van der Waals surface area contributed by atoms with Gasteiger partial charge in [0.25, 0.3) is 0 Å². The number of hydrogen-bond acceptors (Lipinski definition) is 2. The first-order valence-corrected chi connectivity index (χ1v) is 18.4. The zero-order valence-electron chi connectivity index (χ0n) is 31.0. The van der Waals surface area contributed by atoms with Crippen molar-refractivity contribution in [3.05, 3.63) is 36.6 Å². The van der Waals surface area contributed by atoms with Crippen LogP contribution in [-0.4, -0.2) is 18.5 Å². The molecule has 0 bridgehead atoms. The molecule has 0 radical (unpaired) electrons. The standard InChI is InChI=1S/C32H52N2.4C2H6/c1-8-11-13-26-14-16-28-29-17-15-27(18-20-34(7)23-25(10-3)22-33)32(29,6)21-24(4)30(28)31(26,5)19-12-9-2;4*1-2/h10,23,26-30H,3-4,8-9,11-21H2,1-2,5-7H3;4*1-2H3/b25-23+;;;;/t26?,27-,28?,29?,30?,31?,32?;;;;/m1..../s1. The van der Waals surface area contributed by atoms with Crippen molar-refractivity contribution in [3.8, 4) is 6.07 Å². The molecule has 3 aliphatic carbocycles. The minimum Gasteiger partial charge on any atom is -0.379 e. The summed E-state index contributed by atoms with van der Waals surface area (Å²) in [6.45, 7) is 35.6. The number of nitrogens with zero attached hydrogens (tertiary/aromatic N) is 2. The largest absolute Gasteiger partial charge is 0.379 e. The number of nitriles is 1. The Hall–Kier alpha value is -1.49. The fraction of sp³-hybridized carbons (Fsp3) is 0.825. The quantitative estimate of drug-likeness (QED) is 0.137. The van der Waals surface area contributed by atoms with Crippen LogP contribution in [0.15, 0.2) is 36.6 Å². The summed E-state index contributed by atoms with van der Waals surface area (Å²) in [5.74, 6) is 4.10. The number of unbranched alkanes of at least 4 members (excludes halogenated alkanes) is 2. The highest BCUT2D eigenvalue weighted by Crippen LogP contribution is 2.68. The van der Waals surface area contributed by atoms with E-state index in [1.165, 1.54) is 77.0 Å². The lowest BCUT2D eigenvalue weighted by Crippen LogP contribution is -2.52. The third-order valence-electron chi connectivity index (χ3n) is 10.6. The van der Waals surface area contributed by atoms with Gasteiger partial charge in [0.1, 0.15) is 6.07 Å². The lowest BCUT2D eigenvalue weighted by atomic mass is 9.44. The molecular formula is C40H76N2. The maximum Gasteiger partial charge on any atom is 0.101 e. The summed E-state index contributed by atoms with van der Waals surface area (Å²) in [7, 11) is 2.10. The lowest BCUT2D eigenvalue weighted by Gasteiger charge is -2.60. The van der Waals surface area contributed by atoms with Gasteiger partial charge in [-0.25, -0.2) is 0 Å². The van der Waals surface area contributed by atoms with Crippen LogP contribution in [0, 0.1) is 51.8 Å². The van der Waals surface area contributed by atoms with Crippen molar-refractivity contribution in [2.45, 2.75) is 160 Å². The Kier molecular flexibility index (Phi) is 23.3. The fourth-order valence-electron chi connectivity index (χ4n) is 8.86. The molecule has 6 unspecified atom stereocenters. The summed E-state index contributed by atoms with van der Waals surface area (Å²) in [6.07, 6.45) is 19.9. The van der Waals surface area contributed by atoms with Gasteiger partial charge in [-0.3, -0.25) is 0 Å². The van der Waals surface area contributed by atoms with Crippen LogP contribution < -0.4 is 0 Å². The first-order chi connectivity index (χ1) is 20.2. The summed E-state index contributed by atoms with van der Waals surface area (Å²) >= 11 is 0. The first kappa shape index (κ1) is 42.6. The van der Waals surface area contributed by atoms with E-state index in [2.05, 4.69) is 52.3 Å². The highest BCUT2D eigenvalue weighted by Gasteiger charge is 2.60. The van der Waals surface area contributed by atoms with E-state index in [1.807, 2.05) is 61.6 Å². The Morgan fingerprint density at radius 1 is 0.905 bits per heavy atom. The second kappa shape index (κ2) is 23.0. The van der Waals surface area contributed by atoms with Crippen LogP contribution in [0.3, 0.4) is 0 Å². The summed E-state index contributed by atoms with van der Waals surface area (Å²) < 4.78 is 0. The van der Waals surface area contributed by atoms with E-state index in [0.29, 0.717) is 16.4 Å². The van der Waals surface area contributed by atoms with E-state index in [-0.39, 0.29) is 0 Å². The normalized spacial score (nSPS) is 31.0. The Labute approximate surface area is 266 Å². The average Bonchev–Trinajstić information content (AvgIpc) is 3.36. The Morgan fingerprint density at radius 2 is 1.48 bits per heavy atom. The second-order valence-corrected chi connectivity index (χ2v) is 12.6. The minimum absolute atomic E-state index is 0.404. The predicted molar refractivity (Wildman–Crippen MR) is 191 cm³/mol. The molecule has 2 heteroatoms. The number of fused-ring (bicyclic) bond motifs is 3. The average molecular weight is 585 g/mol. The number of hydrogen-bond donors (Lipinski definition) is 0. The van der Waals surface area contributed by atoms with Crippen molar-refractivity contribution in [1.82, 2.24) is 4.90 Å². The van der Waals surface area contributed by atoms with Gasteiger partial charge in [-0.15, -0.1) is 0 Å². The van der Waals surface area contributed by atoms with E-state index in [0.717, 1.165) is 36.1 Å². The number of allylic oxidation sites excluding steroid dienone is 3. The van der Waals surface area contributed by atoms with Crippen molar-refractivity contribution >= 4 is 0 Å². The number of rotatable bonds is 11. The Bertz CT molecular complexity index is 788. The molecule has 0 aromatic rings. The molecule has 42 heavy (non-hydrogen) atoms. The molecule has 0 heterocycles. The van der Waals surface area contributed by atoms with Crippen molar-refractivity contribution in [2.75, 3.05) is 13.6 Å². The Morgan fingerprint density at radius 3 is 2.00 bits per heavy atom. The molecule has 0 amide bonds. The zero-order chi connectivity index (χ0) is 32.9. The molecule has 0 aliphatic heterocycles. The van der Waals surface area contributed by atoms with E-state index < -0.39 is 0 Å². The zero-order valence-corrected chi connectivity index (χ0v) is 31.0. The van der Waals surface area contributed by atoms with Gasteiger partial charge in [0.05, 0.1) is 5.57 Å². The molecule has 0 spiro atoms. The molecule has 246 valence electrons. The highest BCUT2D eigenvalue weighted by molar-refractivity contribution is 5.30. The third-order valence-corrected chi connectivity index (χ3v) is 10.6. The van der Waals surface area contributed by atoms with Gasteiger partial charge in [-0.2, -0.15) is 5.26 Å². The van der Waals surface area contributed by atoms with Crippen molar-refractivity contribution in [1.29, 1.82) is 5.26 Å². The van der Waals surface area contributed by atoms with Crippen LogP contribution >= 0.6 is 0 Å². The molecule has 3 aliphatic rings. The van der Waals surface area contributed by atoms with Gasteiger partial charge in [-0.1, -0.05) is 134 Å². The van der Waals surface area contributed by atoms with E-state index in [9.17, 15) is 5.26 Å². The van der Waals surface area contributed by atoms with Crippen molar-refractivity contribution in [3.63, 3.8) is 0 Å². The molecule has 3 saturated carbocycles. The molecule has 0 saturated heterocycles. The third kappa shape index (κ3) is 10.6. The summed E-state index contributed by atoms with van der Waals surface area (Å²) in [5.41, 5.74) is 3.11. The molecule has 0 aromatic carbocycles. The summed E-state index contributed by atoms with van der Waals surface area (Å²) in [6, 6.07) is 2.23. The first-order valence-electron chi connectivity index (χ1n) is 18.4. The van der Waals surface area contributed by atoms with E-state index in [1.54, 1.807) is 11.6 Å². The summed E-state index contributed by atoms with van der Waals surface area (Å²) in [5, 5.41) is 9.23. The van der Waals surface area contributed by atoms with Gasteiger partial charge in [-0.05, 0) is 91.8 Å². The molecule has 0 aromatic heterocycles. The van der Waals surface area contributed by atoms with Gasteiger partial charge < -0.3 is 4.90 Å². The van der Waals surface area contributed by atoms with Crippen LogP contribution in [0.4, 0.5) is 0 Å². The lowest BCUT2D eigenvalue weighted by molar-refractivity contribution is -0.0715. The smallest absolute Gasteiger partial charge is 0.101 e. The molecule has 2 nitrogen and oxygen atoms in total. The Balaban J connectivity index is 0. The molecular weight excluding hydrogens is 508 g/mol. The van der Waals surface area contributed by atoms with Crippen LogP contribution in [0.5, 0.6) is 0 Å². The maximum absolute atomic E-state index is 9.23. The van der Waals surface area contributed by atoms with Crippen LogP contribution in [0.1, 0.15) is 160 Å². The van der Waals surface area contributed by atoms with Crippen molar-refractivity contribution in [2.24, 2.45) is 40.4 Å². The van der Waals surface area contributed by atoms with Crippen LogP contribution in [0.2, 0.25) is 0 Å². The van der Waals surface area contributed by atoms with Crippen LogP contribution in [-0.2, 0) is 0 Å². The van der Waals surface area contributed by atoms with Gasteiger partial charge in [0.15, 0.2) is 0 Å². The highest BCUT2D eigenvalue weighted by atomic mass is 15.1. The fourth-order valence-corrected chi connectivity index (χ4v) is 8.86. The van der Waals surface area contributed by atoms with E-state index >= 15 is 0 Å². The van der Waals surface area contributed by atoms with Gasteiger partial charge >= 0.3 is 0 Å². The predicted octanol–water partition coefficient (Wildman–Crippen LogP) is 13.0. The molecule has 3 rings (SSSR count).